The number of rotatable bonds is 5. The molecule has 0 aromatic carbocycles. The van der Waals surface area contributed by atoms with Crippen LogP contribution in [-0.2, 0) is 16.1 Å². The second-order valence-corrected chi connectivity index (χ2v) is 3.12. The minimum atomic E-state index is -0.316. The van der Waals surface area contributed by atoms with E-state index in [1.165, 1.54) is 0 Å². The Morgan fingerprint density at radius 2 is 2.33 bits per heavy atom. The lowest BCUT2D eigenvalue weighted by atomic mass is 10.3. The molecule has 0 radical (unpaired) electrons. The number of hydrogen-bond donors (Lipinski definition) is 1. The summed E-state index contributed by atoms with van der Waals surface area (Å²) in [4.78, 5) is 13.9. The fourth-order valence-electron chi connectivity index (χ4n) is 0.995. The smallest absolute Gasteiger partial charge is 0.333 e. The van der Waals surface area contributed by atoms with Gasteiger partial charge < -0.3 is 21.7 Å². The molecule has 1 rings (SSSR count). The lowest BCUT2D eigenvalue weighted by Crippen LogP contribution is -3.00. The second-order valence-electron chi connectivity index (χ2n) is 3.12. The van der Waals surface area contributed by atoms with E-state index in [-0.39, 0.29) is 23.0 Å². The molecule has 4 nitrogen and oxygen atoms in total. The van der Waals surface area contributed by atoms with Crippen LogP contribution in [0.25, 0.3) is 0 Å². The summed E-state index contributed by atoms with van der Waals surface area (Å²) in [5.41, 5.74) is 0.444. The third-order valence-corrected chi connectivity index (χ3v) is 1.74. The van der Waals surface area contributed by atoms with Crippen molar-refractivity contribution in [2.45, 2.75) is 19.9 Å². The summed E-state index contributed by atoms with van der Waals surface area (Å²) < 4.78 is 6.93. The van der Waals surface area contributed by atoms with E-state index < -0.39 is 0 Å². The molecule has 0 atom stereocenters. The van der Waals surface area contributed by atoms with Crippen molar-refractivity contribution in [2.75, 3.05) is 6.61 Å². The molecule has 1 heterocycles. The molecule has 0 saturated heterocycles. The van der Waals surface area contributed by atoms with Gasteiger partial charge in [0.1, 0.15) is 12.4 Å². The van der Waals surface area contributed by atoms with Crippen LogP contribution in [-0.4, -0.2) is 17.6 Å². The molecule has 5 heteroatoms. The normalized spacial score (nSPS) is 9.13. The van der Waals surface area contributed by atoms with Crippen LogP contribution >= 0.6 is 0 Å². The number of imidazole rings is 1. The highest BCUT2D eigenvalue weighted by Crippen LogP contribution is 1.93. The molecule has 0 aliphatic rings. The molecule has 1 aromatic rings. The summed E-state index contributed by atoms with van der Waals surface area (Å²) in [5, 5.41) is 0. The third-order valence-electron chi connectivity index (χ3n) is 1.74. The fourth-order valence-corrected chi connectivity index (χ4v) is 0.995. The predicted molar refractivity (Wildman–Crippen MR) is 51.4 cm³/mol. The number of nitrogens with one attached hydrogen (secondary N) is 1. The minimum Gasteiger partial charge on any atom is -1.00 e. The summed E-state index contributed by atoms with van der Waals surface area (Å²) in [7, 11) is 0. The van der Waals surface area contributed by atoms with Gasteiger partial charge in [0, 0.05) is 12.0 Å². The largest absolute Gasteiger partial charge is 1.00 e. The van der Waals surface area contributed by atoms with E-state index in [9.17, 15) is 4.79 Å². The van der Waals surface area contributed by atoms with Crippen LogP contribution in [0.4, 0.5) is 0 Å². The van der Waals surface area contributed by atoms with Gasteiger partial charge in [0.2, 0.25) is 6.33 Å². The molecule has 0 saturated carbocycles. The zero-order valence-corrected chi connectivity index (χ0v) is 10.3. The predicted octanol–water partition coefficient (Wildman–Crippen LogP) is -2.18. The number of aromatic nitrogens is 2. The molecule has 0 aliphatic carbocycles. The summed E-state index contributed by atoms with van der Waals surface area (Å²) in [5.74, 6) is -0.316. The van der Waals surface area contributed by atoms with Crippen LogP contribution in [0.2, 0.25) is 0 Å². The summed E-state index contributed by atoms with van der Waals surface area (Å²) in [6.07, 6.45) is 6.45. The molecule has 0 fully saturated rings. The van der Waals surface area contributed by atoms with Crippen molar-refractivity contribution in [1.82, 2.24) is 4.98 Å². The number of aromatic amines is 1. The average molecular weight is 275 g/mol. The first-order chi connectivity index (χ1) is 6.70. The minimum absolute atomic E-state index is 0. The lowest BCUT2D eigenvalue weighted by Gasteiger charge is -2.02. The van der Waals surface area contributed by atoms with Gasteiger partial charge in [0.05, 0.1) is 13.2 Å². The number of H-pyrrole nitrogens is 1. The molecule has 0 spiro atoms. The van der Waals surface area contributed by atoms with Crippen molar-refractivity contribution in [2.24, 2.45) is 0 Å². The fraction of sp³-hybridized carbons (Fsp3) is 0.400. The monoisotopic (exact) mass is 274 g/mol. The molecule has 84 valence electrons. The summed E-state index contributed by atoms with van der Waals surface area (Å²) in [6, 6.07) is 0. The van der Waals surface area contributed by atoms with Crippen LogP contribution in [0.3, 0.4) is 0 Å². The van der Waals surface area contributed by atoms with Crippen LogP contribution in [0.15, 0.2) is 30.9 Å². The Morgan fingerprint density at radius 1 is 1.60 bits per heavy atom. The SMILES string of the molecule is C=C(C)C(=O)OCCC[n+]1cc[nH]c1.[Br-]. The first-order valence-corrected chi connectivity index (χ1v) is 4.54. The Balaban J connectivity index is 0.00000196. The van der Waals surface area contributed by atoms with E-state index >= 15 is 0 Å². The zero-order chi connectivity index (χ0) is 10.4. The molecule has 0 bridgehead atoms. The van der Waals surface area contributed by atoms with Gasteiger partial charge >= 0.3 is 5.97 Å². The van der Waals surface area contributed by atoms with E-state index in [0.717, 1.165) is 13.0 Å². The van der Waals surface area contributed by atoms with Gasteiger partial charge in [-0.05, 0) is 6.92 Å². The maximum Gasteiger partial charge on any atom is 0.333 e. The van der Waals surface area contributed by atoms with Gasteiger partial charge in [-0.1, -0.05) is 6.58 Å². The number of carbonyl (C=O) groups is 1. The zero-order valence-electron chi connectivity index (χ0n) is 8.70. The van der Waals surface area contributed by atoms with E-state index in [0.29, 0.717) is 12.2 Å². The quantitative estimate of drug-likeness (QED) is 0.287. The van der Waals surface area contributed by atoms with E-state index in [4.69, 9.17) is 4.74 Å². The Labute approximate surface area is 99.7 Å². The Morgan fingerprint density at radius 3 is 2.87 bits per heavy atom. The highest BCUT2D eigenvalue weighted by Gasteiger charge is 2.02. The van der Waals surface area contributed by atoms with E-state index in [1.807, 2.05) is 23.3 Å². The van der Waals surface area contributed by atoms with Gasteiger partial charge in [0.25, 0.3) is 0 Å². The van der Waals surface area contributed by atoms with Crippen LogP contribution in [0.5, 0.6) is 0 Å². The number of esters is 1. The maximum atomic E-state index is 11.0. The Hall–Kier alpha value is -1.10. The van der Waals surface area contributed by atoms with Crippen molar-refractivity contribution in [3.8, 4) is 0 Å². The van der Waals surface area contributed by atoms with Crippen molar-refractivity contribution in [3.05, 3.63) is 30.9 Å². The number of halogens is 1. The Bertz CT molecular complexity index is 309. The highest BCUT2D eigenvalue weighted by molar-refractivity contribution is 5.86. The molecular weight excluding hydrogens is 260 g/mol. The third kappa shape index (κ3) is 5.37. The Kier molecular flexibility index (Phi) is 6.70. The van der Waals surface area contributed by atoms with Gasteiger partial charge in [-0.2, -0.15) is 0 Å². The van der Waals surface area contributed by atoms with Gasteiger partial charge in [-0.3, -0.25) is 4.98 Å². The van der Waals surface area contributed by atoms with Crippen LogP contribution < -0.4 is 21.5 Å². The number of carbonyl (C=O) groups excluding carboxylic acids is 1. The first-order valence-electron chi connectivity index (χ1n) is 4.54. The molecule has 0 aliphatic heterocycles. The van der Waals surface area contributed by atoms with Crippen molar-refractivity contribution in [3.63, 3.8) is 0 Å². The number of ether oxygens (including phenoxy) is 1. The summed E-state index contributed by atoms with van der Waals surface area (Å²) >= 11 is 0. The number of nitrogens with zero attached hydrogens (tertiary/aromatic N) is 1. The summed E-state index contributed by atoms with van der Waals surface area (Å²) in [6.45, 7) is 6.42. The molecule has 1 N–H and O–H groups in total. The lowest BCUT2D eigenvalue weighted by molar-refractivity contribution is -0.696. The van der Waals surface area contributed by atoms with E-state index in [2.05, 4.69) is 11.6 Å². The topological polar surface area (TPSA) is 46.0 Å². The maximum absolute atomic E-state index is 11.0. The molecular formula is C10H15BrN2O2. The molecule has 0 unspecified atom stereocenters. The van der Waals surface area contributed by atoms with Gasteiger partial charge in [-0.25, -0.2) is 9.36 Å². The van der Waals surface area contributed by atoms with Gasteiger partial charge in [0.15, 0.2) is 0 Å². The van der Waals surface area contributed by atoms with Crippen molar-refractivity contribution >= 4 is 5.97 Å². The number of aryl methyl sites for hydroxylation is 1. The first kappa shape index (κ1) is 13.9. The van der Waals surface area contributed by atoms with Crippen LogP contribution in [0, 0.1) is 0 Å². The van der Waals surface area contributed by atoms with Crippen molar-refractivity contribution < 1.29 is 31.1 Å². The highest BCUT2D eigenvalue weighted by atomic mass is 79.9. The van der Waals surface area contributed by atoms with E-state index in [1.54, 1.807) is 6.92 Å². The van der Waals surface area contributed by atoms with Crippen molar-refractivity contribution in [1.29, 1.82) is 0 Å². The molecule has 0 amide bonds. The second kappa shape index (κ2) is 7.23. The standard InChI is InChI=1S/C10H14N2O2.BrH/c1-9(2)10(13)14-7-3-5-12-6-4-11-8-12;/h4,6,8H,1,3,5,7H2,2H3;1H. The van der Waals surface area contributed by atoms with Gasteiger partial charge in [-0.15, -0.1) is 0 Å². The average Bonchev–Trinajstić information content (AvgIpc) is 2.64. The molecule has 1 aromatic heterocycles. The number of hydrogen-bond acceptors (Lipinski definition) is 2. The molecule has 15 heavy (non-hydrogen) atoms. The van der Waals surface area contributed by atoms with Crippen LogP contribution in [0.1, 0.15) is 13.3 Å².